The molecule has 0 amide bonds. The molecule has 2 aliphatic heterocycles. The lowest BCUT2D eigenvalue weighted by atomic mass is 9.84. The lowest BCUT2D eigenvalue weighted by molar-refractivity contribution is -0.0800. The monoisotopic (exact) mass is 499 g/mol. The molecular weight excluding hydrogens is 472 g/mol. The SMILES string of the molecule is O=c1ccccn1C(c1ccc(CN2CCC3(CC2)OCc2ccncc23)cc1)c1ccc(F)c(F)c1. The molecule has 5 nitrogen and oxygen atoms in total. The summed E-state index contributed by atoms with van der Waals surface area (Å²) in [5.74, 6) is -1.85. The predicted octanol–water partition coefficient (Wildman–Crippen LogP) is 5.18. The normalized spacial score (nSPS) is 17.6. The van der Waals surface area contributed by atoms with Crippen LogP contribution in [-0.2, 0) is 23.5 Å². The number of nitrogens with zero attached hydrogens (tertiary/aromatic N) is 3. The van der Waals surface area contributed by atoms with Gasteiger partial charge in [0.1, 0.15) is 0 Å². The molecule has 0 aliphatic carbocycles. The van der Waals surface area contributed by atoms with Gasteiger partial charge >= 0.3 is 0 Å². The molecule has 4 heterocycles. The Labute approximate surface area is 214 Å². The van der Waals surface area contributed by atoms with Crippen LogP contribution in [0.25, 0.3) is 0 Å². The largest absolute Gasteiger partial charge is 0.365 e. The van der Waals surface area contributed by atoms with Crippen LogP contribution in [0.1, 0.15) is 46.7 Å². The number of pyridine rings is 2. The number of fused-ring (bicyclic) bond motifs is 2. The fourth-order valence-corrected chi connectivity index (χ4v) is 5.65. The smallest absolute Gasteiger partial charge is 0.251 e. The Morgan fingerprint density at radius 2 is 1.73 bits per heavy atom. The average Bonchev–Trinajstić information content (AvgIpc) is 3.28. The molecule has 2 aromatic carbocycles. The van der Waals surface area contributed by atoms with Crippen molar-refractivity contribution in [1.82, 2.24) is 14.5 Å². The Kier molecular flexibility index (Phi) is 6.18. The van der Waals surface area contributed by atoms with Gasteiger partial charge in [0.15, 0.2) is 11.6 Å². The van der Waals surface area contributed by atoms with Crippen LogP contribution in [0.15, 0.2) is 90.1 Å². The summed E-state index contributed by atoms with van der Waals surface area (Å²) in [6, 6.07) is 18.2. The van der Waals surface area contributed by atoms with Crippen molar-refractivity contribution in [2.24, 2.45) is 0 Å². The second kappa shape index (κ2) is 9.65. The van der Waals surface area contributed by atoms with Crippen molar-refractivity contribution in [3.05, 3.63) is 135 Å². The van der Waals surface area contributed by atoms with E-state index in [1.54, 1.807) is 22.9 Å². The maximum atomic E-state index is 14.1. The van der Waals surface area contributed by atoms with E-state index in [9.17, 15) is 13.6 Å². The molecule has 4 aromatic rings. The second-order valence-electron chi connectivity index (χ2n) is 9.86. The number of hydrogen-bond donors (Lipinski definition) is 0. The van der Waals surface area contributed by atoms with E-state index in [2.05, 4.69) is 16.0 Å². The van der Waals surface area contributed by atoms with Gasteiger partial charge in [0.2, 0.25) is 0 Å². The summed E-state index contributed by atoms with van der Waals surface area (Å²) in [5.41, 5.74) is 4.53. The van der Waals surface area contributed by atoms with E-state index in [4.69, 9.17) is 4.74 Å². The van der Waals surface area contributed by atoms with E-state index in [0.717, 1.165) is 55.7 Å². The fraction of sp³-hybridized carbons (Fsp3) is 0.267. The van der Waals surface area contributed by atoms with Crippen LogP contribution in [0.2, 0.25) is 0 Å². The minimum Gasteiger partial charge on any atom is -0.365 e. The molecule has 0 bridgehead atoms. The molecule has 0 saturated carbocycles. The lowest BCUT2D eigenvalue weighted by Crippen LogP contribution is -2.42. The van der Waals surface area contributed by atoms with Crippen molar-refractivity contribution in [2.75, 3.05) is 13.1 Å². The van der Waals surface area contributed by atoms with Gasteiger partial charge in [0.05, 0.1) is 18.2 Å². The van der Waals surface area contributed by atoms with Crippen molar-refractivity contribution in [1.29, 1.82) is 0 Å². The zero-order valence-electron chi connectivity index (χ0n) is 20.3. The summed E-state index contributed by atoms with van der Waals surface area (Å²) in [6.07, 6.45) is 7.31. The molecule has 1 atom stereocenters. The van der Waals surface area contributed by atoms with Crippen molar-refractivity contribution in [3.8, 4) is 0 Å². The molecule has 0 radical (unpaired) electrons. The number of likely N-dealkylation sites (tertiary alicyclic amines) is 1. The van der Waals surface area contributed by atoms with Crippen LogP contribution in [0, 0.1) is 11.6 Å². The quantitative estimate of drug-likeness (QED) is 0.380. The van der Waals surface area contributed by atoms with Crippen molar-refractivity contribution >= 4 is 0 Å². The number of ether oxygens (including phenoxy) is 1. The summed E-state index contributed by atoms with van der Waals surface area (Å²) >= 11 is 0. The summed E-state index contributed by atoms with van der Waals surface area (Å²) in [5, 5.41) is 0. The Bertz CT molecular complexity index is 1480. The minimum atomic E-state index is -0.935. The minimum absolute atomic E-state index is 0.213. The van der Waals surface area contributed by atoms with Crippen LogP contribution in [-0.4, -0.2) is 27.5 Å². The van der Waals surface area contributed by atoms with E-state index < -0.39 is 17.7 Å². The Hall–Kier alpha value is -3.68. The van der Waals surface area contributed by atoms with E-state index in [1.807, 2.05) is 36.7 Å². The fourth-order valence-electron chi connectivity index (χ4n) is 5.65. The molecule has 37 heavy (non-hydrogen) atoms. The molecule has 0 N–H and O–H groups in total. The Morgan fingerprint density at radius 1 is 0.946 bits per heavy atom. The molecular formula is C30H27F2N3O2. The molecule has 1 unspecified atom stereocenters. The highest BCUT2D eigenvalue weighted by molar-refractivity contribution is 5.36. The highest BCUT2D eigenvalue weighted by atomic mass is 19.2. The number of aromatic nitrogens is 2. The lowest BCUT2D eigenvalue weighted by Gasteiger charge is -2.39. The van der Waals surface area contributed by atoms with Gasteiger partial charge in [-0.25, -0.2) is 8.78 Å². The van der Waals surface area contributed by atoms with Crippen LogP contribution in [0.3, 0.4) is 0 Å². The summed E-state index contributed by atoms with van der Waals surface area (Å²) in [4.78, 5) is 19.4. The van der Waals surface area contributed by atoms with E-state index >= 15 is 0 Å². The molecule has 1 spiro atoms. The van der Waals surface area contributed by atoms with E-state index in [1.165, 1.54) is 23.3 Å². The third-order valence-electron chi connectivity index (χ3n) is 7.66. The molecule has 2 aromatic heterocycles. The standard InChI is InChI=1S/C30H27F2N3O2/c31-26-9-8-23(17-27(26)32)29(35-14-2-1-3-28(35)36)22-6-4-21(5-7-22)19-34-15-11-30(12-16-34)25-18-33-13-10-24(25)20-37-30/h1-10,13-14,17-18,29H,11-12,15-16,19-20H2. The van der Waals surface area contributed by atoms with Crippen molar-refractivity contribution < 1.29 is 13.5 Å². The van der Waals surface area contributed by atoms with Crippen LogP contribution in [0.4, 0.5) is 8.78 Å². The van der Waals surface area contributed by atoms with Gasteiger partial charge in [0, 0.05) is 49.9 Å². The number of rotatable bonds is 5. The number of hydrogen-bond acceptors (Lipinski definition) is 4. The first-order valence-corrected chi connectivity index (χ1v) is 12.5. The molecule has 7 heteroatoms. The molecule has 2 aliphatic rings. The second-order valence-corrected chi connectivity index (χ2v) is 9.86. The molecule has 1 fully saturated rings. The first kappa shape index (κ1) is 23.7. The van der Waals surface area contributed by atoms with Crippen LogP contribution >= 0.6 is 0 Å². The van der Waals surface area contributed by atoms with Gasteiger partial charge < -0.3 is 9.30 Å². The van der Waals surface area contributed by atoms with Crippen molar-refractivity contribution in [3.63, 3.8) is 0 Å². The average molecular weight is 500 g/mol. The van der Waals surface area contributed by atoms with E-state index in [-0.39, 0.29) is 11.2 Å². The van der Waals surface area contributed by atoms with Crippen molar-refractivity contribution in [2.45, 2.75) is 37.6 Å². The highest BCUT2D eigenvalue weighted by Gasteiger charge is 2.42. The topological polar surface area (TPSA) is 47.4 Å². The summed E-state index contributed by atoms with van der Waals surface area (Å²) in [7, 11) is 0. The predicted molar refractivity (Wildman–Crippen MR) is 136 cm³/mol. The zero-order chi connectivity index (χ0) is 25.4. The molecule has 6 rings (SSSR count). The maximum absolute atomic E-state index is 14.1. The Balaban J connectivity index is 1.20. The zero-order valence-corrected chi connectivity index (χ0v) is 20.3. The molecule has 1 saturated heterocycles. The van der Waals surface area contributed by atoms with E-state index in [0.29, 0.717) is 12.2 Å². The van der Waals surface area contributed by atoms with Gasteiger partial charge in [-0.15, -0.1) is 0 Å². The highest BCUT2D eigenvalue weighted by Crippen LogP contribution is 2.43. The first-order chi connectivity index (χ1) is 18.0. The van der Waals surface area contributed by atoms with Crippen LogP contribution in [0.5, 0.6) is 0 Å². The number of piperidine rings is 1. The van der Waals surface area contributed by atoms with Crippen LogP contribution < -0.4 is 5.56 Å². The van der Waals surface area contributed by atoms with Gasteiger partial charge in [-0.1, -0.05) is 36.4 Å². The van der Waals surface area contributed by atoms with Gasteiger partial charge in [0.25, 0.3) is 5.56 Å². The third-order valence-corrected chi connectivity index (χ3v) is 7.66. The maximum Gasteiger partial charge on any atom is 0.251 e. The summed E-state index contributed by atoms with van der Waals surface area (Å²) < 4.78 is 35.5. The first-order valence-electron chi connectivity index (χ1n) is 12.5. The number of halogens is 2. The molecule has 188 valence electrons. The van der Waals surface area contributed by atoms with Gasteiger partial charge in [-0.05, 0) is 59.4 Å². The Morgan fingerprint density at radius 3 is 2.49 bits per heavy atom. The third kappa shape index (κ3) is 4.49. The summed E-state index contributed by atoms with van der Waals surface area (Å²) in [6.45, 7) is 3.31. The van der Waals surface area contributed by atoms with Gasteiger partial charge in [-0.2, -0.15) is 0 Å². The van der Waals surface area contributed by atoms with Gasteiger partial charge in [-0.3, -0.25) is 14.7 Å². The number of benzene rings is 2.